The van der Waals surface area contributed by atoms with E-state index in [1.165, 1.54) is 24.3 Å². The SMILES string of the molecule is Cl.NCCCNC(=O)c1cccc([N+](=O)[O-])c1. The summed E-state index contributed by atoms with van der Waals surface area (Å²) in [6.07, 6.45) is 0.681. The van der Waals surface area contributed by atoms with Crippen molar-refractivity contribution in [3.8, 4) is 0 Å². The summed E-state index contributed by atoms with van der Waals surface area (Å²) in [6, 6.07) is 5.61. The van der Waals surface area contributed by atoms with Gasteiger partial charge in [-0.25, -0.2) is 0 Å². The standard InChI is InChI=1S/C10H13N3O3.ClH/c11-5-2-6-12-10(14)8-3-1-4-9(7-8)13(15)16;/h1,3-4,7H,2,5-6,11H2,(H,12,14);1H. The predicted molar refractivity (Wildman–Crippen MR) is 66.3 cm³/mol. The number of carbonyl (C=O) groups excluding carboxylic acids is 1. The quantitative estimate of drug-likeness (QED) is 0.470. The van der Waals surface area contributed by atoms with Crippen LogP contribution in [0.4, 0.5) is 5.69 Å². The fraction of sp³-hybridized carbons (Fsp3) is 0.300. The summed E-state index contributed by atoms with van der Waals surface area (Å²) < 4.78 is 0. The largest absolute Gasteiger partial charge is 0.352 e. The number of amides is 1. The molecule has 7 heteroatoms. The van der Waals surface area contributed by atoms with E-state index in [-0.39, 0.29) is 29.6 Å². The average molecular weight is 260 g/mol. The number of rotatable bonds is 5. The number of nitro benzene ring substituents is 1. The van der Waals surface area contributed by atoms with Gasteiger partial charge in [-0.15, -0.1) is 12.4 Å². The van der Waals surface area contributed by atoms with Crippen LogP contribution in [-0.2, 0) is 0 Å². The number of hydrogen-bond donors (Lipinski definition) is 2. The summed E-state index contributed by atoms with van der Waals surface area (Å²) in [7, 11) is 0. The van der Waals surface area contributed by atoms with Crippen LogP contribution in [0.3, 0.4) is 0 Å². The molecule has 17 heavy (non-hydrogen) atoms. The van der Waals surface area contributed by atoms with Crippen molar-refractivity contribution in [3.63, 3.8) is 0 Å². The van der Waals surface area contributed by atoms with Gasteiger partial charge in [-0.2, -0.15) is 0 Å². The van der Waals surface area contributed by atoms with Crippen molar-refractivity contribution in [1.82, 2.24) is 5.32 Å². The van der Waals surface area contributed by atoms with Crippen LogP contribution in [0.2, 0.25) is 0 Å². The second kappa shape index (κ2) is 7.59. The molecule has 3 N–H and O–H groups in total. The van der Waals surface area contributed by atoms with Crippen LogP contribution in [0.25, 0.3) is 0 Å². The minimum Gasteiger partial charge on any atom is -0.352 e. The van der Waals surface area contributed by atoms with E-state index in [1.807, 2.05) is 0 Å². The lowest BCUT2D eigenvalue weighted by atomic mass is 10.2. The molecule has 1 amide bonds. The molecule has 1 aromatic carbocycles. The van der Waals surface area contributed by atoms with Crippen molar-refractivity contribution >= 4 is 24.0 Å². The van der Waals surface area contributed by atoms with Crippen LogP contribution in [0, 0.1) is 10.1 Å². The molecule has 1 rings (SSSR count). The van der Waals surface area contributed by atoms with Crippen molar-refractivity contribution in [2.45, 2.75) is 6.42 Å². The summed E-state index contributed by atoms with van der Waals surface area (Å²) in [5.41, 5.74) is 5.47. The van der Waals surface area contributed by atoms with Crippen molar-refractivity contribution in [1.29, 1.82) is 0 Å². The van der Waals surface area contributed by atoms with Gasteiger partial charge in [-0.3, -0.25) is 14.9 Å². The fourth-order valence-corrected chi connectivity index (χ4v) is 1.17. The average Bonchev–Trinajstić information content (AvgIpc) is 2.29. The minimum atomic E-state index is -0.531. The lowest BCUT2D eigenvalue weighted by Crippen LogP contribution is -2.25. The monoisotopic (exact) mass is 259 g/mol. The van der Waals surface area contributed by atoms with E-state index < -0.39 is 4.92 Å². The van der Waals surface area contributed by atoms with Gasteiger partial charge in [0.05, 0.1) is 4.92 Å². The number of non-ortho nitro benzene ring substituents is 1. The fourth-order valence-electron chi connectivity index (χ4n) is 1.17. The van der Waals surface area contributed by atoms with Gasteiger partial charge in [-0.05, 0) is 19.0 Å². The van der Waals surface area contributed by atoms with Crippen LogP contribution >= 0.6 is 12.4 Å². The highest BCUT2D eigenvalue weighted by molar-refractivity contribution is 5.94. The number of nitro groups is 1. The molecule has 0 aliphatic carbocycles. The maximum absolute atomic E-state index is 11.5. The summed E-state index contributed by atoms with van der Waals surface area (Å²) in [5, 5.41) is 13.1. The van der Waals surface area contributed by atoms with Crippen molar-refractivity contribution < 1.29 is 9.72 Å². The normalized spacial score (nSPS) is 9.24. The van der Waals surface area contributed by atoms with Gasteiger partial charge in [0.1, 0.15) is 0 Å². The first-order valence-electron chi connectivity index (χ1n) is 4.88. The van der Waals surface area contributed by atoms with Crippen molar-refractivity contribution in [2.75, 3.05) is 13.1 Å². The molecule has 0 saturated heterocycles. The van der Waals surface area contributed by atoms with Gasteiger partial charge >= 0.3 is 0 Å². The molecule has 0 unspecified atom stereocenters. The predicted octanol–water partition coefficient (Wildman–Crippen LogP) is 1.10. The topological polar surface area (TPSA) is 98.3 Å². The second-order valence-corrected chi connectivity index (χ2v) is 3.21. The van der Waals surface area contributed by atoms with E-state index >= 15 is 0 Å². The molecule has 0 spiro atoms. The third-order valence-electron chi connectivity index (χ3n) is 1.99. The Morgan fingerprint density at radius 3 is 2.76 bits per heavy atom. The Hall–Kier alpha value is -1.66. The maximum Gasteiger partial charge on any atom is 0.270 e. The molecular formula is C10H14ClN3O3. The number of nitrogens with zero attached hydrogens (tertiary/aromatic N) is 1. The van der Waals surface area contributed by atoms with Crippen LogP contribution < -0.4 is 11.1 Å². The Morgan fingerprint density at radius 2 is 2.18 bits per heavy atom. The van der Waals surface area contributed by atoms with E-state index in [9.17, 15) is 14.9 Å². The first-order chi connectivity index (χ1) is 7.65. The van der Waals surface area contributed by atoms with E-state index in [1.54, 1.807) is 0 Å². The lowest BCUT2D eigenvalue weighted by Gasteiger charge is -2.03. The van der Waals surface area contributed by atoms with Crippen LogP contribution in [0.1, 0.15) is 16.8 Å². The third-order valence-corrected chi connectivity index (χ3v) is 1.99. The zero-order chi connectivity index (χ0) is 12.0. The Labute approximate surface area is 105 Å². The van der Waals surface area contributed by atoms with E-state index in [4.69, 9.17) is 5.73 Å². The number of nitrogens with two attached hydrogens (primary N) is 1. The van der Waals surface area contributed by atoms with Gasteiger partial charge in [0.25, 0.3) is 11.6 Å². The Kier molecular flexibility index (Phi) is 6.85. The molecule has 94 valence electrons. The molecule has 0 radical (unpaired) electrons. The van der Waals surface area contributed by atoms with Crippen LogP contribution in [0.5, 0.6) is 0 Å². The minimum absolute atomic E-state index is 0. The third kappa shape index (κ3) is 4.80. The van der Waals surface area contributed by atoms with Crippen LogP contribution in [0.15, 0.2) is 24.3 Å². The molecule has 6 nitrogen and oxygen atoms in total. The van der Waals surface area contributed by atoms with E-state index in [0.29, 0.717) is 19.5 Å². The molecule has 0 bridgehead atoms. The number of benzene rings is 1. The summed E-state index contributed by atoms with van der Waals surface area (Å²) in [5.74, 6) is -0.322. The number of hydrogen-bond acceptors (Lipinski definition) is 4. The van der Waals surface area contributed by atoms with Gasteiger partial charge < -0.3 is 11.1 Å². The number of nitrogens with one attached hydrogen (secondary N) is 1. The first kappa shape index (κ1) is 15.3. The second-order valence-electron chi connectivity index (χ2n) is 3.21. The van der Waals surface area contributed by atoms with E-state index in [2.05, 4.69) is 5.32 Å². The van der Waals surface area contributed by atoms with Gasteiger partial charge in [-0.1, -0.05) is 6.07 Å². The summed E-state index contributed by atoms with van der Waals surface area (Å²) in [6.45, 7) is 0.966. The van der Waals surface area contributed by atoms with Crippen LogP contribution in [-0.4, -0.2) is 23.9 Å². The molecule has 0 aliphatic heterocycles. The molecule has 1 aromatic rings. The number of halogens is 1. The van der Waals surface area contributed by atoms with Crippen molar-refractivity contribution in [2.24, 2.45) is 5.73 Å². The van der Waals surface area contributed by atoms with Gasteiger partial charge in [0.15, 0.2) is 0 Å². The maximum atomic E-state index is 11.5. The molecule has 0 aliphatic rings. The van der Waals surface area contributed by atoms with Crippen molar-refractivity contribution in [3.05, 3.63) is 39.9 Å². The molecule has 0 saturated carbocycles. The highest BCUT2D eigenvalue weighted by Gasteiger charge is 2.10. The van der Waals surface area contributed by atoms with Gasteiger partial charge in [0.2, 0.25) is 0 Å². The van der Waals surface area contributed by atoms with Gasteiger partial charge in [0, 0.05) is 24.2 Å². The Morgan fingerprint density at radius 1 is 1.47 bits per heavy atom. The smallest absolute Gasteiger partial charge is 0.270 e. The molecule has 0 aromatic heterocycles. The number of carbonyl (C=O) groups is 1. The Bertz CT molecular complexity index is 398. The lowest BCUT2D eigenvalue weighted by molar-refractivity contribution is -0.384. The summed E-state index contributed by atoms with van der Waals surface area (Å²) in [4.78, 5) is 21.5. The molecule has 0 fully saturated rings. The zero-order valence-electron chi connectivity index (χ0n) is 9.09. The zero-order valence-corrected chi connectivity index (χ0v) is 9.90. The molecule has 0 atom stereocenters. The first-order valence-corrected chi connectivity index (χ1v) is 4.88. The Balaban J connectivity index is 0.00000256. The molecular weight excluding hydrogens is 246 g/mol. The summed E-state index contributed by atoms with van der Waals surface area (Å²) >= 11 is 0. The highest BCUT2D eigenvalue weighted by atomic mass is 35.5. The highest BCUT2D eigenvalue weighted by Crippen LogP contribution is 2.12. The van der Waals surface area contributed by atoms with E-state index in [0.717, 1.165) is 0 Å². The molecule has 0 heterocycles.